The average Bonchev–Trinajstić information content (AvgIpc) is 2.20. The van der Waals surface area contributed by atoms with Gasteiger partial charge >= 0.3 is 5.97 Å². The fraction of sp³-hybridized carbons (Fsp3) is 0.364. The van der Waals surface area contributed by atoms with Crippen LogP contribution in [0.3, 0.4) is 0 Å². The Morgan fingerprint density at radius 3 is 2.56 bits per heavy atom. The number of aliphatic hydroxyl groups excluding tert-OH is 1. The van der Waals surface area contributed by atoms with Gasteiger partial charge in [-0.2, -0.15) is 0 Å². The first-order valence-electron chi connectivity index (χ1n) is 4.64. The molecular formula is C11H12ClFO3. The van der Waals surface area contributed by atoms with Gasteiger partial charge in [-0.15, -0.1) is 0 Å². The minimum absolute atomic E-state index is 0.0786. The maximum absolute atomic E-state index is 13.7. The van der Waals surface area contributed by atoms with E-state index in [9.17, 15) is 14.3 Å². The first-order valence-corrected chi connectivity index (χ1v) is 5.01. The summed E-state index contributed by atoms with van der Waals surface area (Å²) in [5.41, 5.74) is -1.17. The standard InChI is InChI=1S/C11H12ClFO3/c1-11(2,9(14)10(15)16)6-4-3-5-7(12)8(6)13/h3-5,9,14H,1-2H3,(H,15,16). The summed E-state index contributed by atoms with van der Waals surface area (Å²) in [6.07, 6.45) is -1.69. The Hall–Kier alpha value is -1.13. The molecule has 0 spiro atoms. The first kappa shape index (κ1) is 12.9. The zero-order valence-electron chi connectivity index (χ0n) is 8.87. The molecule has 0 fully saturated rings. The van der Waals surface area contributed by atoms with E-state index in [0.717, 1.165) is 0 Å². The van der Waals surface area contributed by atoms with Crippen LogP contribution in [0.25, 0.3) is 0 Å². The molecule has 0 radical (unpaired) electrons. The summed E-state index contributed by atoms with van der Waals surface area (Å²) in [5, 5.41) is 18.2. The number of hydrogen-bond acceptors (Lipinski definition) is 2. The maximum Gasteiger partial charge on any atom is 0.333 e. The number of hydrogen-bond donors (Lipinski definition) is 2. The van der Waals surface area contributed by atoms with Gasteiger partial charge in [0.1, 0.15) is 5.82 Å². The van der Waals surface area contributed by atoms with Gasteiger partial charge in [0.15, 0.2) is 6.10 Å². The lowest BCUT2D eigenvalue weighted by Gasteiger charge is -2.28. The van der Waals surface area contributed by atoms with Gasteiger partial charge in [-0.3, -0.25) is 0 Å². The lowest BCUT2D eigenvalue weighted by molar-refractivity contribution is -0.150. The van der Waals surface area contributed by atoms with Crippen molar-refractivity contribution in [1.82, 2.24) is 0 Å². The molecule has 0 aliphatic rings. The molecule has 1 aromatic rings. The van der Waals surface area contributed by atoms with Crippen LogP contribution >= 0.6 is 11.6 Å². The fourth-order valence-electron chi connectivity index (χ4n) is 1.46. The quantitative estimate of drug-likeness (QED) is 0.860. The van der Waals surface area contributed by atoms with Gasteiger partial charge in [-0.25, -0.2) is 9.18 Å². The second-order valence-corrected chi connectivity index (χ2v) is 4.47. The van der Waals surface area contributed by atoms with Crippen LogP contribution in [0.4, 0.5) is 4.39 Å². The number of halogens is 2. The molecule has 0 saturated carbocycles. The molecule has 2 N–H and O–H groups in total. The van der Waals surface area contributed by atoms with Crippen LogP contribution in [-0.4, -0.2) is 22.3 Å². The van der Waals surface area contributed by atoms with Gasteiger partial charge in [0.05, 0.1) is 5.02 Å². The van der Waals surface area contributed by atoms with Gasteiger partial charge in [0, 0.05) is 5.41 Å². The van der Waals surface area contributed by atoms with Crippen LogP contribution in [0.1, 0.15) is 19.4 Å². The Balaban J connectivity index is 3.26. The van der Waals surface area contributed by atoms with E-state index in [1.54, 1.807) is 0 Å². The van der Waals surface area contributed by atoms with Gasteiger partial charge in [-0.05, 0) is 11.6 Å². The number of rotatable bonds is 3. The Morgan fingerprint density at radius 2 is 2.06 bits per heavy atom. The molecule has 1 unspecified atom stereocenters. The Labute approximate surface area is 97.5 Å². The van der Waals surface area contributed by atoms with Gasteiger partial charge in [-0.1, -0.05) is 37.6 Å². The van der Waals surface area contributed by atoms with Crippen molar-refractivity contribution < 1.29 is 19.4 Å². The highest BCUT2D eigenvalue weighted by Crippen LogP contribution is 2.32. The second kappa shape index (κ2) is 4.39. The topological polar surface area (TPSA) is 57.5 Å². The zero-order chi connectivity index (χ0) is 12.5. The molecule has 88 valence electrons. The molecule has 0 amide bonds. The summed E-state index contributed by atoms with van der Waals surface area (Å²) >= 11 is 5.60. The van der Waals surface area contributed by atoms with Crippen molar-refractivity contribution in [2.45, 2.75) is 25.4 Å². The fourth-order valence-corrected chi connectivity index (χ4v) is 1.63. The zero-order valence-corrected chi connectivity index (χ0v) is 9.62. The van der Waals surface area contributed by atoms with E-state index in [2.05, 4.69) is 0 Å². The monoisotopic (exact) mass is 246 g/mol. The third-order valence-electron chi connectivity index (χ3n) is 2.56. The van der Waals surface area contributed by atoms with Crippen LogP contribution in [0.2, 0.25) is 5.02 Å². The maximum atomic E-state index is 13.7. The molecule has 5 heteroatoms. The van der Waals surface area contributed by atoms with E-state index in [0.29, 0.717) is 0 Å². The van der Waals surface area contributed by atoms with Crippen molar-refractivity contribution in [2.75, 3.05) is 0 Å². The molecule has 0 aromatic heterocycles. The highest BCUT2D eigenvalue weighted by molar-refractivity contribution is 6.30. The summed E-state index contributed by atoms with van der Waals surface area (Å²) in [4.78, 5) is 10.7. The van der Waals surface area contributed by atoms with Crippen molar-refractivity contribution in [3.63, 3.8) is 0 Å². The molecule has 16 heavy (non-hydrogen) atoms. The number of aliphatic carboxylic acids is 1. The molecule has 0 aliphatic heterocycles. The molecule has 1 atom stereocenters. The van der Waals surface area contributed by atoms with E-state index in [-0.39, 0.29) is 10.6 Å². The van der Waals surface area contributed by atoms with E-state index in [1.807, 2.05) is 0 Å². The second-order valence-electron chi connectivity index (χ2n) is 4.06. The van der Waals surface area contributed by atoms with E-state index >= 15 is 0 Å². The molecule has 1 aromatic carbocycles. The Bertz CT molecular complexity index is 418. The molecule has 0 aliphatic carbocycles. The van der Waals surface area contributed by atoms with E-state index < -0.39 is 23.3 Å². The van der Waals surface area contributed by atoms with Crippen molar-refractivity contribution in [1.29, 1.82) is 0 Å². The predicted octanol–water partition coefficient (Wildman–Crippen LogP) is 2.20. The minimum Gasteiger partial charge on any atom is -0.479 e. The van der Waals surface area contributed by atoms with Gasteiger partial charge in [0.25, 0.3) is 0 Å². The summed E-state index contributed by atoms with van der Waals surface area (Å²) in [6, 6.07) is 4.29. The average molecular weight is 247 g/mol. The predicted molar refractivity (Wildman–Crippen MR) is 58.1 cm³/mol. The van der Waals surface area contributed by atoms with Crippen LogP contribution in [-0.2, 0) is 10.2 Å². The normalized spacial score (nSPS) is 13.6. The molecule has 0 bridgehead atoms. The van der Waals surface area contributed by atoms with Crippen LogP contribution in [0, 0.1) is 5.82 Å². The van der Waals surface area contributed by atoms with Crippen LogP contribution in [0.5, 0.6) is 0 Å². The van der Waals surface area contributed by atoms with Crippen LogP contribution in [0.15, 0.2) is 18.2 Å². The Morgan fingerprint density at radius 1 is 1.50 bits per heavy atom. The largest absolute Gasteiger partial charge is 0.479 e. The number of carboxylic acid groups (broad SMARTS) is 1. The van der Waals surface area contributed by atoms with Gasteiger partial charge < -0.3 is 10.2 Å². The summed E-state index contributed by atoms with van der Waals surface area (Å²) < 4.78 is 13.7. The Kier molecular flexibility index (Phi) is 3.55. The number of benzene rings is 1. The molecular weight excluding hydrogens is 235 g/mol. The van der Waals surface area contributed by atoms with Crippen LogP contribution < -0.4 is 0 Å². The third kappa shape index (κ3) is 2.18. The number of carbonyl (C=O) groups is 1. The first-order chi connectivity index (χ1) is 7.28. The lowest BCUT2D eigenvalue weighted by Crippen LogP contribution is -2.40. The minimum atomic E-state index is -1.69. The molecule has 3 nitrogen and oxygen atoms in total. The van der Waals surface area contributed by atoms with Crippen molar-refractivity contribution in [2.24, 2.45) is 0 Å². The number of aliphatic hydroxyl groups is 1. The van der Waals surface area contributed by atoms with Crippen molar-refractivity contribution >= 4 is 17.6 Å². The van der Waals surface area contributed by atoms with E-state index in [1.165, 1.54) is 32.0 Å². The summed E-state index contributed by atoms with van der Waals surface area (Å²) in [6.45, 7) is 2.89. The SMILES string of the molecule is CC(C)(c1cccc(Cl)c1F)C(O)C(=O)O. The van der Waals surface area contributed by atoms with Gasteiger partial charge in [0.2, 0.25) is 0 Å². The van der Waals surface area contributed by atoms with Crippen molar-refractivity contribution in [3.05, 3.63) is 34.6 Å². The smallest absolute Gasteiger partial charge is 0.333 e. The van der Waals surface area contributed by atoms with E-state index in [4.69, 9.17) is 16.7 Å². The highest BCUT2D eigenvalue weighted by atomic mass is 35.5. The molecule has 0 heterocycles. The van der Waals surface area contributed by atoms with Crippen molar-refractivity contribution in [3.8, 4) is 0 Å². The molecule has 1 rings (SSSR count). The summed E-state index contributed by atoms with van der Waals surface area (Å²) in [7, 11) is 0. The lowest BCUT2D eigenvalue weighted by atomic mass is 9.79. The highest BCUT2D eigenvalue weighted by Gasteiger charge is 2.37. The third-order valence-corrected chi connectivity index (χ3v) is 2.86. The summed E-state index contributed by atoms with van der Waals surface area (Å²) in [5.74, 6) is -2.10. The molecule has 0 saturated heterocycles. The number of carboxylic acids is 1.